The highest BCUT2D eigenvalue weighted by atomic mass is 32.2. The fourth-order valence-corrected chi connectivity index (χ4v) is 3.56. The molecule has 2 aromatic carbocycles. The SMILES string of the molecule is Cc1ccc(C)c(S(=O)(=O)NCc2nc(-c3ccccc3)no2)c1. The first-order valence-corrected chi connectivity index (χ1v) is 8.89. The molecule has 7 heteroatoms. The van der Waals surface area contributed by atoms with E-state index in [2.05, 4.69) is 14.9 Å². The maximum atomic E-state index is 12.5. The average Bonchev–Trinajstić information content (AvgIpc) is 3.05. The summed E-state index contributed by atoms with van der Waals surface area (Å²) in [5, 5.41) is 3.87. The predicted octanol–water partition coefficient (Wildman–Crippen LogP) is 2.83. The van der Waals surface area contributed by atoms with Gasteiger partial charge in [-0.05, 0) is 31.0 Å². The number of nitrogens with zero attached hydrogens (tertiary/aromatic N) is 2. The van der Waals surface area contributed by atoms with Crippen LogP contribution in [0.4, 0.5) is 0 Å². The van der Waals surface area contributed by atoms with Gasteiger partial charge in [-0.15, -0.1) is 0 Å². The number of benzene rings is 2. The van der Waals surface area contributed by atoms with Crippen molar-refractivity contribution in [3.8, 4) is 11.4 Å². The zero-order valence-corrected chi connectivity index (χ0v) is 14.2. The van der Waals surface area contributed by atoms with Crippen LogP contribution in [0.1, 0.15) is 17.0 Å². The largest absolute Gasteiger partial charge is 0.338 e. The minimum atomic E-state index is -3.64. The minimum absolute atomic E-state index is 0.0600. The van der Waals surface area contributed by atoms with Crippen LogP contribution in [0.25, 0.3) is 11.4 Å². The molecule has 0 aliphatic carbocycles. The Morgan fingerprint density at radius 3 is 2.58 bits per heavy atom. The van der Waals surface area contributed by atoms with Crippen LogP contribution in [0.3, 0.4) is 0 Å². The van der Waals surface area contributed by atoms with Crippen LogP contribution in [0.2, 0.25) is 0 Å². The van der Waals surface area contributed by atoms with Gasteiger partial charge in [-0.3, -0.25) is 0 Å². The zero-order valence-electron chi connectivity index (χ0n) is 13.4. The summed E-state index contributed by atoms with van der Waals surface area (Å²) in [5.74, 6) is 0.638. The van der Waals surface area contributed by atoms with Gasteiger partial charge in [0.2, 0.25) is 21.7 Å². The number of aromatic nitrogens is 2. The third-order valence-corrected chi connectivity index (χ3v) is 5.09. The Kier molecular flexibility index (Phi) is 4.46. The van der Waals surface area contributed by atoms with Gasteiger partial charge < -0.3 is 4.52 Å². The molecule has 0 spiro atoms. The Balaban J connectivity index is 1.76. The molecule has 1 aromatic heterocycles. The lowest BCUT2D eigenvalue weighted by Gasteiger charge is -2.08. The monoisotopic (exact) mass is 343 g/mol. The highest BCUT2D eigenvalue weighted by Crippen LogP contribution is 2.18. The van der Waals surface area contributed by atoms with E-state index in [0.717, 1.165) is 11.1 Å². The smallest absolute Gasteiger partial charge is 0.242 e. The number of nitrogens with one attached hydrogen (secondary N) is 1. The van der Waals surface area contributed by atoms with Gasteiger partial charge in [0.25, 0.3) is 0 Å². The summed E-state index contributed by atoms with van der Waals surface area (Å²) in [5.41, 5.74) is 2.37. The van der Waals surface area contributed by atoms with Crippen LogP contribution in [-0.2, 0) is 16.6 Å². The fraction of sp³-hybridized carbons (Fsp3) is 0.176. The quantitative estimate of drug-likeness (QED) is 0.770. The Morgan fingerprint density at radius 2 is 1.83 bits per heavy atom. The zero-order chi connectivity index (χ0) is 17.2. The molecular weight excluding hydrogens is 326 g/mol. The average molecular weight is 343 g/mol. The molecule has 3 aromatic rings. The molecule has 0 saturated carbocycles. The number of hydrogen-bond acceptors (Lipinski definition) is 5. The van der Waals surface area contributed by atoms with Gasteiger partial charge in [-0.25, -0.2) is 13.1 Å². The van der Waals surface area contributed by atoms with Gasteiger partial charge in [-0.2, -0.15) is 4.98 Å². The molecule has 0 amide bonds. The number of rotatable bonds is 5. The molecule has 0 atom stereocenters. The molecule has 0 fully saturated rings. The second-order valence-corrected chi connectivity index (χ2v) is 7.21. The highest BCUT2D eigenvalue weighted by molar-refractivity contribution is 7.89. The maximum absolute atomic E-state index is 12.5. The van der Waals surface area contributed by atoms with Gasteiger partial charge in [0.05, 0.1) is 11.4 Å². The topological polar surface area (TPSA) is 85.1 Å². The summed E-state index contributed by atoms with van der Waals surface area (Å²) in [4.78, 5) is 4.47. The van der Waals surface area contributed by atoms with Crippen LogP contribution in [0.5, 0.6) is 0 Å². The number of aryl methyl sites for hydroxylation is 2. The Morgan fingerprint density at radius 1 is 1.08 bits per heavy atom. The molecule has 1 N–H and O–H groups in total. The lowest BCUT2D eigenvalue weighted by molar-refractivity contribution is 0.376. The molecule has 0 bridgehead atoms. The summed E-state index contributed by atoms with van der Waals surface area (Å²) in [6, 6.07) is 14.6. The minimum Gasteiger partial charge on any atom is -0.338 e. The summed E-state index contributed by atoms with van der Waals surface area (Å²) < 4.78 is 32.5. The Bertz CT molecular complexity index is 950. The summed E-state index contributed by atoms with van der Waals surface area (Å²) in [6.45, 7) is 3.55. The molecule has 0 aliphatic rings. The van der Waals surface area contributed by atoms with Crippen molar-refractivity contribution in [2.75, 3.05) is 0 Å². The van der Waals surface area contributed by atoms with Gasteiger partial charge in [0.15, 0.2) is 0 Å². The van der Waals surface area contributed by atoms with E-state index in [0.29, 0.717) is 11.4 Å². The molecule has 0 unspecified atom stereocenters. The second kappa shape index (κ2) is 6.54. The van der Waals surface area contributed by atoms with E-state index in [1.807, 2.05) is 43.3 Å². The van der Waals surface area contributed by atoms with E-state index in [9.17, 15) is 8.42 Å². The first-order chi connectivity index (χ1) is 11.5. The summed E-state index contributed by atoms with van der Waals surface area (Å²) in [6.07, 6.45) is 0. The lowest BCUT2D eigenvalue weighted by Crippen LogP contribution is -2.24. The first-order valence-electron chi connectivity index (χ1n) is 7.40. The maximum Gasteiger partial charge on any atom is 0.242 e. The van der Waals surface area contributed by atoms with Gasteiger partial charge in [0.1, 0.15) is 0 Å². The van der Waals surface area contributed by atoms with Gasteiger partial charge in [-0.1, -0.05) is 47.6 Å². The molecule has 1 heterocycles. The molecular formula is C17H17N3O3S. The molecule has 24 heavy (non-hydrogen) atoms. The van der Waals surface area contributed by atoms with Crippen molar-refractivity contribution in [1.82, 2.24) is 14.9 Å². The van der Waals surface area contributed by atoms with Crippen molar-refractivity contribution < 1.29 is 12.9 Å². The molecule has 124 valence electrons. The Hall–Kier alpha value is -2.51. The highest BCUT2D eigenvalue weighted by Gasteiger charge is 2.18. The standard InChI is InChI=1S/C17H17N3O3S/c1-12-8-9-13(2)15(10-12)24(21,22)18-11-16-19-17(20-23-16)14-6-4-3-5-7-14/h3-10,18H,11H2,1-2H3. The van der Waals surface area contributed by atoms with Crippen molar-refractivity contribution in [3.63, 3.8) is 0 Å². The molecule has 0 radical (unpaired) electrons. The fourth-order valence-electron chi connectivity index (χ4n) is 2.26. The molecule has 6 nitrogen and oxygen atoms in total. The summed E-state index contributed by atoms with van der Waals surface area (Å²) in [7, 11) is -3.64. The predicted molar refractivity (Wildman–Crippen MR) is 89.7 cm³/mol. The third-order valence-electron chi connectivity index (χ3n) is 3.55. The van der Waals surface area contributed by atoms with Crippen LogP contribution in [0.15, 0.2) is 57.9 Å². The van der Waals surface area contributed by atoms with Crippen molar-refractivity contribution >= 4 is 10.0 Å². The van der Waals surface area contributed by atoms with E-state index < -0.39 is 10.0 Å². The van der Waals surface area contributed by atoms with Crippen LogP contribution < -0.4 is 4.72 Å². The first kappa shape index (κ1) is 16.4. The van der Waals surface area contributed by atoms with E-state index in [4.69, 9.17) is 4.52 Å². The van der Waals surface area contributed by atoms with E-state index in [1.165, 1.54) is 0 Å². The number of sulfonamides is 1. The van der Waals surface area contributed by atoms with E-state index >= 15 is 0 Å². The molecule has 3 rings (SSSR count). The van der Waals surface area contributed by atoms with E-state index in [1.54, 1.807) is 19.1 Å². The van der Waals surface area contributed by atoms with Gasteiger partial charge in [0, 0.05) is 5.56 Å². The number of hydrogen-bond donors (Lipinski definition) is 1. The van der Waals surface area contributed by atoms with Crippen LogP contribution >= 0.6 is 0 Å². The normalized spacial score (nSPS) is 11.6. The second-order valence-electron chi connectivity index (χ2n) is 5.47. The van der Waals surface area contributed by atoms with Crippen molar-refractivity contribution in [1.29, 1.82) is 0 Å². The summed E-state index contributed by atoms with van der Waals surface area (Å²) >= 11 is 0. The van der Waals surface area contributed by atoms with Gasteiger partial charge >= 0.3 is 0 Å². The van der Waals surface area contributed by atoms with Crippen molar-refractivity contribution in [3.05, 3.63) is 65.5 Å². The molecule has 0 saturated heterocycles. The Labute approximate surface area is 140 Å². The van der Waals surface area contributed by atoms with Crippen molar-refractivity contribution in [2.24, 2.45) is 0 Å². The third kappa shape index (κ3) is 3.52. The molecule has 0 aliphatic heterocycles. The van der Waals surface area contributed by atoms with Crippen molar-refractivity contribution in [2.45, 2.75) is 25.3 Å². The lowest BCUT2D eigenvalue weighted by atomic mass is 10.2. The van der Waals surface area contributed by atoms with Crippen LogP contribution in [-0.4, -0.2) is 18.6 Å². The van der Waals surface area contributed by atoms with E-state index in [-0.39, 0.29) is 17.3 Å². The van der Waals surface area contributed by atoms with Crippen LogP contribution in [0, 0.1) is 13.8 Å².